The summed E-state index contributed by atoms with van der Waals surface area (Å²) in [6.45, 7) is 0. The Bertz CT molecular complexity index is 1050. The molecule has 0 spiro atoms. The summed E-state index contributed by atoms with van der Waals surface area (Å²) in [5.41, 5.74) is 3.13. The van der Waals surface area contributed by atoms with Gasteiger partial charge in [-0.25, -0.2) is 0 Å². The summed E-state index contributed by atoms with van der Waals surface area (Å²) in [4.78, 5) is 27.6. The number of rotatable bonds is 4. The van der Waals surface area contributed by atoms with Crippen LogP contribution in [0, 0.1) is 0 Å². The van der Waals surface area contributed by atoms with Crippen LogP contribution in [0.3, 0.4) is 0 Å². The van der Waals surface area contributed by atoms with Gasteiger partial charge >= 0.3 is 0 Å². The van der Waals surface area contributed by atoms with E-state index in [-0.39, 0.29) is 29.8 Å². The fourth-order valence-corrected chi connectivity index (χ4v) is 4.97. The summed E-state index contributed by atoms with van der Waals surface area (Å²) in [7, 11) is 0. The molecule has 1 aromatic carbocycles. The van der Waals surface area contributed by atoms with Crippen molar-refractivity contribution >= 4 is 68.2 Å². The molecule has 5 nitrogen and oxygen atoms in total. The van der Waals surface area contributed by atoms with E-state index in [0.717, 1.165) is 15.8 Å². The zero-order valence-electron chi connectivity index (χ0n) is 13.8. The molecule has 1 aliphatic rings. The van der Waals surface area contributed by atoms with Crippen molar-refractivity contribution in [3.8, 4) is 0 Å². The molecule has 4 rings (SSSR count). The molecule has 140 valence electrons. The molecule has 3 N–H and O–H groups in total. The van der Waals surface area contributed by atoms with E-state index >= 15 is 0 Å². The number of carbonyl (C=O) groups is 2. The average molecular weight is 443 g/mol. The lowest BCUT2D eigenvalue weighted by atomic mass is 10.1. The van der Waals surface area contributed by atoms with Crippen molar-refractivity contribution in [1.82, 2.24) is 15.6 Å². The van der Waals surface area contributed by atoms with E-state index in [9.17, 15) is 9.59 Å². The van der Waals surface area contributed by atoms with Gasteiger partial charge in [0.15, 0.2) is 0 Å². The van der Waals surface area contributed by atoms with E-state index in [1.54, 1.807) is 6.07 Å². The molecule has 0 fully saturated rings. The van der Waals surface area contributed by atoms with Crippen LogP contribution in [0.25, 0.3) is 10.2 Å². The van der Waals surface area contributed by atoms with Crippen molar-refractivity contribution in [2.45, 2.75) is 18.5 Å². The van der Waals surface area contributed by atoms with Crippen LogP contribution in [0.5, 0.6) is 0 Å². The van der Waals surface area contributed by atoms with Crippen molar-refractivity contribution in [1.29, 1.82) is 0 Å². The number of hydrogen-bond acceptors (Lipinski definition) is 3. The zero-order valence-corrected chi connectivity index (χ0v) is 16.9. The van der Waals surface area contributed by atoms with Crippen LogP contribution in [-0.4, -0.2) is 28.7 Å². The quantitative estimate of drug-likeness (QED) is 0.527. The Morgan fingerprint density at radius 2 is 2.00 bits per heavy atom. The summed E-state index contributed by atoms with van der Waals surface area (Å²) >= 11 is 19.1. The first kappa shape index (κ1) is 18.6. The molecule has 0 aliphatic heterocycles. The highest BCUT2D eigenvalue weighted by atomic mass is 35.5. The maximum atomic E-state index is 12.8. The molecule has 2 atom stereocenters. The van der Waals surface area contributed by atoms with Gasteiger partial charge in [0, 0.05) is 0 Å². The van der Waals surface area contributed by atoms with Crippen LogP contribution in [-0.2, 0) is 11.2 Å². The number of thiophene rings is 1. The summed E-state index contributed by atoms with van der Waals surface area (Å²) in [6.07, 6.45) is 0.622. The van der Waals surface area contributed by atoms with Gasteiger partial charge in [-0.3, -0.25) is 9.59 Å². The number of amides is 2. The second-order valence-corrected chi connectivity index (χ2v) is 8.57. The first-order chi connectivity index (χ1) is 13.0. The number of nitrogens with one attached hydrogen (secondary N) is 3. The number of aromatic amines is 1. The maximum absolute atomic E-state index is 12.8. The molecular weight excluding hydrogens is 429 g/mol. The van der Waals surface area contributed by atoms with Gasteiger partial charge in [-0.05, 0) is 23.6 Å². The van der Waals surface area contributed by atoms with E-state index in [0.29, 0.717) is 27.0 Å². The Kier molecular flexibility index (Phi) is 5.07. The Balaban J connectivity index is 1.57. The first-order valence-electron chi connectivity index (χ1n) is 8.18. The Morgan fingerprint density at radius 1 is 1.22 bits per heavy atom. The minimum Gasteiger partial charge on any atom is -0.349 e. The molecule has 3 aromatic rings. The highest BCUT2D eigenvalue weighted by Crippen LogP contribution is 2.39. The minimum atomic E-state index is -0.328. The third-order valence-corrected chi connectivity index (χ3v) is 6.78. The zero-order chi connectivity index (χ0) is 19.1. The van der Waals surface area contributed by atoms with Gasteiger partial charge in [0.1, 0.15) is 15.9 Å². The molecular formula is C18H14Cl3N3O2S. The number of alkyl halides is 1. The van der Waals surface area contributed by atoms with E-state index in [2.05, 4.69) is 15.6 Å². The van der Waals surface area contributed by atoms with E-state index < -0.39 is 0 Å². The molecule has 0 bridgehead atoms. The monoisotopic (exact) mass is 441 g/mol. The largest absolute Gasteiger partial charge is 0.349 e. The Labute approximate surface area is 174 Å². The summed E-state index contributed by atoms with van der Waals surface area (Å²) in [6, 6.07) is 8.91. The van der Waals surface area contributed by atoms with Gasteiger partial charge in [-0.1, -0.05) is 47.5 Å². The molecule has 0 saturated carbocycles. The molecule has 9 heteroatoms. The van der Waals surface area contributed by atoms with Gasteiger partial charge < -0.3 is 15.6 Å². The summed E-state index contributed by atoms with van der Waals surface area (Å²) < 4.78 is 1.30. The van der Waals surface area contributed by atoms with Crippen LogP contribution in [0.2, 0.25) is 9.36 Å². The van der Waals surface area contributed by atoms with Crippen LogP contribution in [0.4, 0.5) is 0 Å². The van der Waals surface area contributed by atoms with Gasteiger partial charge in [0.05, 0.1) is 27.3 Å². The first-order valence-corrected chi connectivity index (χ1v) is 10.3. The lowest BCUT2D eigenvalue weighted by Crippen LogP contribution is -2.44. The van der Waals surface area contributed by atoms with Crippen LogP contribution >= 0.6 is 46.1 Å². The Hall–Kier alpha value is -1.73. The normalized spacial score (nSPS) is 18.5. The number of carbonyl (C=O) groups excluding carboxylic acids is 2. The van der Waals surface area contributed by atoms with Crippen molar-refractivity contribution in [3.05, 3.63) is 56.5 Å². The number of halogens is 3. The SMILES string of the molecule is O=C(CCl)N[C@@H]1c2ccccc2C[C@H]1NC(=O)c1cc2sc(Cl)c(Cl)c2[nH]1. The molecule has 2 heterocycles. The second kappa shape index (κ2) is 7.36. The molecule has 2 aromatic heterocycles. The average Bonchev–Trinajstić information content (AvgIpc) is 3.29. The van der Waals surface area contributed by atoms with Crippen molar-refractivity contribution in [3.63, 3.8) is 0 Å². The third kappa shape index (κ3) is 3.43. The standard InChI is InChI=1S/C18H14Cl3N3O2S/c19-7-13(25)24-15-9-4-2-1-3-8(9)5-10(15)23-18(26)11-6-12-16(22-11)14(20)17(21)27-12/h1-4,6,10,15,22H,5,7H2,(H,23,26)(H,24,25)/t10-,15-/m1/s1. The summed E-state index contributed by atoms with van der Waals surface area (Å²) in [5, 5.41) is 6.32. The van der Waals surface area contributed by atoms with Gasteiger partial charge in [0.25, 0.3) is 5.91 Å². The number of benzene rings is 1. The highest BCUT2D eigenvalue weighted by Gasteiger charge is 2.34. The van der Waals surface area contributed by atoms with Crippen molar-refractivity contribution < 1.29 is 9.59 Å². The molecule has 27 heavy (non-hydrogen) atoms. The van der Waals surface area contributed by atoms with Gasteiger partial charge in [-0.2, -0.15) is 0 Å². The van der Waals surface area contributed by atoms with Gasteiger partial charge in [0.2, 0.25) is 5.91 Å². The topological polar surface area (TPSA) is 74.0 Å². The number of aromatic nitrogens is 1. The lowest BCUT2D eigenvalue weighted by molar-refractivity contribution is -0.119. The van der Waals surface area contributed by atoms with E-state index in [1.165, 1.54) is 11.3 Å². The molecule has 0 unspecified atom stereocenters. The molecule has 0 saturated heterocycles. The fourth-order valence-electron chi connectivity index (χ4n) is 3.41. The predicted molar refractivity (Wildman–Crippen MR) is 109 cm³/mol. The predicted octanol–water partition coefficient (Wildman–Crippen LogP) is 4.29. The molecule has 2 amide bonds. The minimum absolute atomic E-state index is 0.133. The van der Waals surface area contributed by atoms with E-state index in [4.69, 9.17) is 34.8 Å². The van der Waals surface area contributed by atoms with Crippen molar-refractivity contribution in [2.24, 2.45) is 0 Å². The smallest absolute Gasteiger partial charge is 0.268 e. The number of fused-ring (bicyclic) bond motifs is 2. The van der Waals surface area contributed by atoms with Crippen molar-refractivity contribution in [2.75, 3.05) is 5.88 Å². The van der Waals surface area contributed by atoms with Crippen LogP contribution < -0.4 is 10.6 Å². The number of H-pyrrole nitrogens is 1. The molecule has 0 radical (unpaired) electrons. The van der Waals surface area contributed by atoms with Gasteiger partial charge in [-0.15, -0.1) is 22.9 Å². The lowest BCUT2D eigenvalue weighted by Gasteiger charge is -2.22. The maximum Gasteiger partial charge on any atom is 0.268 e. The van der Waals surface area contributed by atoms with Crippen LogP contribution in [0.15, 0.2) is 30.3 Å². The second-order valence-electron chi connectivity index (χ2n) is 6.27. The van der Waals surface area contributed by atoms with Crippen LogP contribution in [0.1, 0.15) is 27.7 Å². The third-order valence-electron chi connectivity index (χ3n) is 4.60. The van der Waals surface area contributed by atoms with E-state index in [1.807, 2.05) is 24.3 Å². The fraction of sp³-hybridized carbons (Fsp3) is 0.222. The molecule has 1 aliphatic carbocycles. The number of hydrogen-bond donors (Lipinski definition) is 3. The Morgan fingerprint density at radius 3 is 2.74 bits per heavy atom. The highest BCUT2D eigenvalue weighted by molar-refractivity contribution is 7.23. The summed E-state index contributed by atoms with van der Waals surface area (Å²) in [5.74, 6) is -0.682.